The molecule has 1 aromatic heterocycles. The van der Waals surface area contributed by atoms with E-state index in [1.54, 1.807) is 18.2 Å². The van der Waals surface area contributed by atoms with Gasteiger partial charge in [0.1, 0.15) is 5.82 Å². The summed E-state index contributed by atoms with van der Waals surface area (Å²) in [5, 5.41) is 5.51. The average molecular weight is 375 g/mol. The Morgan fingerprint density at radius 2 is 1.82 bits per heavy atom. The highest BCUT2D eigenvalue weighted by Gasteiger charge is 2.32. The minimum absolute atomic E-state index is 0.220. The minimum Gasteiger partial charge on any atom is -0.358 e. The van der Waals surface area contributed by atoms with Crippen LogP contribution in [0.5, 0.6) is 0 Å². The molecule has 1 aliphatic rings. The van der Waals surface area contributed by atoms with E-state index in [0.29, 0.717) is 22.6 Å². The molecule has 5 nitrogen and oxygen atoms in total. The molecule has 2 amide bonds. The summed E-state index contributed by atoms with van der Waals surface area (Å²) < 4.78 is 13.5. The fraction of sp³-hybridized carbons (Fsp3) is 0.0909. The smallest absolute Gasteiger partial charge is 0.258 e. The Morgan fingerprint density at radius 1 is 1.04 bits per heavy atom. The topological polar surface area (TPSA) is 74.0 Å². The van der Waals surface area contributed by atoms with E-state index in [0.717, 1.165) is 11.3 Å². The number of para-hydroxylation sites is 1. The number of amides is 2. The van der Waals surface area contributed by atoms with E-state index in [1.165, 1.54) is 18.2 Å². The molecule has 0 saturated heterocycles. The fourth-order valence-corrected chi connectivity index (χ4v) is 3.47. The van der Waals surface area contributed by atoms with Crippen LogP contribution >= 0.6 is 0 Å². The summed E-state index contributed by atoms with van der Waals surface area (Å²) >= 11 is 0. The Balaban J connectivity index is 1.90. The third-order valence-corrected chi connectivity index (χ3v) is 4.63. The van der Waals surface area contributed by atoms with E-state index in [9.17, 15) is 14.0 Å². The molecule has 6 heteroatoms. The van der Waals surface area contributed by atoms with Crippen molar-refractivity contribution in [3.05, 3.63) is 82.9 Å². The van der Waals surface area contributed by atoms with Crippen LogP contribution < -0.4 is 10.6 Å². The fourth-order valence-electron chi connectivity index (χ4n) is 3.47. The third-order valence-electron chi connectivity index (χ3n) is 4.63. The van der Waals surface area contributed by atoms with Gasteiger partial charge in [-0.05, 0) is 49.7 Å². The van der Waals surface area contributed by atoms with Crippen molar-refractivity contribution in [2.24, 2.45) is 0 Å². The van der Waals surface area contributed by atoms with Crippen LogP contribution in [0.15, 0.2) is 54.6 Å². The Morgan fingerprint density at radius 3 is 2.54 bits per heavy atom. The second-order valence-corrected chi connectivity index (χ2v) is 6.72. The van der Waals surface area contributed by atoms with Gasteiger partial charge in [-0.3, -0.25) is 9.59 Å². The van der Waals surface area contributed by atoms with Gasteiger partial charge in [0, 0.05) is 22.6 Å². The molecule has 0 unspecified atom stereocenters. The van der Waals surface area contributed by atoms with E-state index < -0.39 is 11.7 Å². The number of aromatic nitrogens is 1. The molecule has 0 atom stereocenters. The zero-order valence-electron chi connectivity index (χ0n) is 15.4. The van der Waals surface area contributed by atoms with Crippen LogP contribution in [0.2, 0.25) is 0 Å². The largest absolute Gasteiger partial charge is 0.358 e. The van der Waals surface area contributed by atoms with Crippen molar-refractivity contribution in [2.45, 2.75) is 13.8 Å². The van der Waals surface area contributed by atoms with Gasteiger partial charge in [-0.25, -0.2) is 4.39 Å². The average Bonchev–Trinajstić information content (AvgIpc) is 3.14. The van der Waals surface area contributed by atoms with Crippen molar-refractivity contribution in [2.75, 3.05) is 10.6 Å². The number of halogens is 1. The van der Waals surface area contributed by atoms with Crippen molar-refractivity contribution >= 4 is 34.3 Å². The Kier molecular flexibility index (Phi) is 4.31. The highest BCUT2D eigenvalue weighted by atomic mass is 19.1. The number of benzene rings is 2. The number of carbonyl (C=O) groups excluding carboxylic acids is 2. The molecule has 1 aliphatic heterocycles. The molecule has 0 spiro atoms. The zero-order chi connectivity index (χ0) is 19.8. The van der Waals surface area contributed by atoms with Gasteiger partial charge < -0.3 is 15.6 Å². The van der Waals surface area contributed by atoms with Crippen LogP contribution in [0.4, 0.5) is 15.8 Å². The van der Waals surface area contributed by atoms with Crippen LogP contribution in [-0.4, -0.2) is 16.8 Å². The first-order valence-corrected chi connectivity index (χ1v) is 8.82. The summed E-state index contributed by atoms with van der Waals surface area (Å²) in [6.45, 7) is 3.75. The molecule has 140 valence electrons. The second-order valence-electron chi connectivity index (χ2n) is 6.72. The van der Waals surface area contributed by atoms with Gasteiger partial charge in [0.2, 0.25) is 0 Å². The molecule has 3 aromatic rings. The summed E-state index contributed by atoms with van der Waals surface area (Å²) in [5.41, 5.74) is 4.40. The van der Waals surface area contributed by atoms with E-state index in [2.05, 4.69) is 15.6 Å². The van der Waals surface area contributed by atoms with Crippen molar-refractivity contribution in [1.82, 2.24) is 4.98 Å². The number of nitrogens with one attached hydrogen (secondary N) is 3. The number of aryl methyl sites for hydroxylation is 2. The zero-order valence-corrected chi connectivity index (χ0v) is 15.4. The van der Waals surface area contributed by atoms with Crippen molar-refractivity contribution in [3.8, 4) is 0 Å². The van der Waals surface area contributed by atoms with E-state index in [4.69, 9.17) is 0 Å². The normalized spacial score (nSPS) is 14.5. The SMILES string of the molecule is Cc1cc(C)c(/C(C(=O)Nc2cccc(F)c2)=C2\C(=O)Nc3ccccc32)[nH]1. The maximum atomic E-state index is 13.5. The van der Waals surface area contributed by atoms with Gasteiger partial charge in [0.15, 0.2) is 0 Å². The highest BCUT2D eigenvalue weighted by Crippen LogP contribution is 2.38. The number of rotatable bonds is 3. The molecule has 2 heterocycles. The van der Waals surface area contributed by atoms with Crippen LogP contribution in [0, 0.1) is 19.7 Å². The lowest BCUT2D eigenvalue weighted by Gasteiger charge is -2.12. The molecule has 2 aromatic carbocycles. The first-order valence-electron chi connectivity index (χ1n) is 8.82. The van der Waals surface area contributed by atoms with Gasteiger partial charge in [-0.15, -0.1) is 0 Å². The van der Waals surface area contributed by atoms with Gasteiger partial charge in [-0.2, -0.15) is 0 Å². The van der Waals surface area contributed by atoms with Gasteiger partial charge in [0.05, 0.1) is 16.8 Å². The van der Waals surface area contributed by atoms with Gasteiger partial charge in [-0.1, -0.05) is 24.3 Å². The maximum Gasteiger partial charge on any atom is 0.258 e. The molecule has 4 rings (SSSR count). The quantitative estimate of drug-likeness (QED) is 0.598. The number of hydrogen-bond donors (Lipinski definition) is 3. The first-order chi connectivity index (χ1) is 13.4. The Bertz CT molecular complexity index is 1140. The van der Waals surface area contributed by atoms with E-state index >= 15 is 0 Å². The summed E-state index contributed by atoms with van der Waals surface area (Å²) in [7, 11) is 0. The number of fused-ring (bicyclic) bond motifs is 1. The lowest BCUT2D eigenvalue weighted by molar-refractivity contribution is -0.112. The molecule has 0 saturated carbocycles. The Labute approximate surface area is 161 Å². The maximum absolute atomic E-state index is 13.5. The third kappa shape index (κ3) is 3.09. The summed E-state index contributed by atoms with van der Waals surface area (Å²) in [6.07, 6.45) is 0. The lowest BCUT2D eigenvalue weighted by atomic mass is 9.96. The monoisotopic (exact) mass is 375 g/mol. The van der Waals surface area contributed by atoms with Crippen LogP contribution in [-0.2, 0) is 9.59 Å². The first kappa shape index (κ1) is 17.7. The summed E-state index contributed by atoms with van der Waals surface area (Å²) in [5.74, 6) is -1.29. The molecular weight excluding hydrogens is 357 g/mol. The van der Waals surface area contributed by atoms with Crippen molar-refractivity contribution < 1.29 is 14.0 Å². The lowest BCUT2D eigenvalue weighted by Crippen LogP contribution is -2.18. The standard InChI is InChI=1S/C22H18FN3O2/c1-12-10-13(2)24-20(12)19(22(28)25-15-7-5-6-14(23)11-15)18-16-8-3-4-9-17(16)26-21(18)27/h3-11,24H,1-2H3,(H,25,28)(H,26,27)/b19-18+. The molecule has 0 fully saturated rings. The van der Waals surface area contributed by atoms with Gasteiger partial charge in [0.25, 0.3) is 11.8 Å². The van der Waals surface area contributed by atoms with Crippen molar-refractivity contribution in [3.63, 3.8) is 0 Å². The molecule has 0 bridgehead atoms. The molecule has 28 heavy (non-hydrogen) atoms. The van der Waals surface area contributed by atoms with Crippen LogP contribution in [0.25, 0.3) is 11.1 Å². The van der Waals surface area contributed by atoms with E-state index in [-0.39, 0.29) is 17.1 Å². The summed E-state index contributed by atoms with van der Waals surface area (Å²) in [6, 6.07) is 14.8. The van der Waals surface area contributed by atoms with Crippen molar-refractivity contribution in [1.29, 1.82) is 0 Å². The van der Waals surface area contributed by atoms with Crippen LogP contribution in [0.3, 0.4) is 0 Å². The molecule has 3 N–H and O–H groups in total. The summed E-state index contributed by atoms with van der Waals surface area (Å²) in [4.78, 5) is 29.2. The minimum atomic E-state index is -0.489. The number of hydrogen-bond acceptors (Lipinski definition) is 2. The molecule has 0 aliphatic carbocycles. The van der Waals surface area contributed by atoms with Crippen LogP contribution in [0.1, 0.15) is 22.5 Å². The van der Waals surface area contributed by atoms with Gasteiger partial charge >= 0.3 is 0 Å². The number of aromatic amines is 1. The predicted molar refractivity (Wildman–Crippen MR) is 107 cm³/mol. The highest BCUT2D eigenvalue weighted by molar-refractivity contribution is 6.46. The van der Waals surface area contributed by atoms with E-state index in [1.807, 2.05) is 32.0 Å². The number of anilines is 2. The predicted octanol–water partition coefficient (Wildman–Crippen LogP) is 4.27. The number of carbonyl (C=O) groups is 2. The Hall–Kier alpha value is -3.67. The second kappa shape index (κ2) is 6.81. The number of H-pyrrole nitrogens is 1. The molecule has 0 radical (unpaired) electrons. The molecular formula is C22H18FN3O2.